The van der Waals surface area contributed by atoms with Gasteiger partial charge in [0.1, 0.15) is 0 Å². The molecule has 1 fully saturated rings. The second-order valence-electron chi connectivity index (χ2n) is 5.44. The van der Waals surface area contributed by atoms with E-state index in [1.807, 2.05) is 12.1 Å². The summed E-state index contributed by atoms with van der Waals surface area (Å²) in [6.45, 7) is 4.92. The molecule has 1 saturated heterocycles. The maximum atomic E-state index is 12.1. The summed E-state index contributed by atoms with van der Waals surface area (Å²) in [4.78, 5) is 18.0. The van der Waals surface area contributed by atoms with Crippen LogP contribution in [-0.4, -0.2) is 22.6 Å². The third-order valence-electron chi connectivity index (χ3n) is 3.74. The van der Waals surface area contributed by atoms with E-state index in [1.165, 1.54) is 12.0 Å². The van der Waals surface area contributed by atoms with E-state index < -0.39 is 0 Å². The standard InChI is InChI=1S/C15H17N3O2/c1-10(2)11-3-5-13(6-4-11)18-8-12(7-14(18)19)15-16-9-20-17-15/h3-6,9-10,12H,7-8H2,1-2H3. The summed E-state index contributed by atoms with van der Waals surface area (Å²) in [5.74, 6) is 1.23. The van der Waals surface area contributed by atoms with Crippen molar-refractivity contribution < 1.29 is 9.32 Å². The summed E-state index contributed by atoms with van der Waals surface area (Å²) in [5, 5.41) is 3.83. The monoisotopic (exact) mass is 271 g/mol. The van der Waals surface area contributed by atoms with Crippen LogP contribution in [0.1, 0.15) is 43.5 Å². The van der Waals surface area contributed by atoms with Crippen LogP contribution in [0.5, 0.6) is 0 Å². The van der Waals surface area contributed by atoms with Gasteiger partial charge in [0.2, 0.25) is 12.3 Å². The van der Waals surface area contributed by atoms with E-state index in [2.05, 4.69) is 36.1 Å². The van der Waals surface area contributed by atoms with Crippen LogP contribution in [0.2, 0.25) is 0 Å². The minimum atomic E-state index is 0.0195. The molecule has 0 spiro atoms. The van der Waals surface area contributed by atoms with Gasteiger partial charge in [-0.3, -0.25) is 4.79 Å². The van der Waals surface area contributed by atoms with E-state index in [0.717, 1.165) is 5.69 Å². The molecular weight excluding hydrogens is 254 g/mol. The number of carbonyl (C=O) groups is 1. The Balaban J connectivity index is 1.79. The Kier molecular flexibility index (Phi) is 3.26. The molecule has 1 atom stereocenters. The first-order valence-electron chi connectivity index (χ1n) is 6.81. The molecule has 20 heavy (non-hydrogen) atoms. The molecule has 0 N–H and O–H groups in total. The number of carbonyl (C=O) groups excluding carboxylic acids is 1. The molecule has 2 heterocycles. The van der Waals surface area contributed by atoms with Gasteiger partial charge in [-0.1, -0.05) is 31.1 Å². The molecular formula is C15H17N3O2. The molecule has 2 aromatic rings. The molecule has 1 aromatic heterocycles. The molecule has 1 unspecified atom stereocenters. The minimum absolute atomic E-state index is 0.0195. The lowest BCUT2D eigenvalue weighted by Gasteiger charge is -2.17. The Hall–Kier alpha value is -2.17. The summed E-state index contributed by atoms with van der Waals surface area (Å²) in [7, 11) is 0. The maximum absolute atomic E-state index is 12.1. The van der Waals surface area contributed by atoms with Crippen molar-refractivity contribution in [2.45, 2.75) is 32.1 Å². The molecule has 0 aliphatic carbocycles. The number of hydrogen-bond donors (Lipinski definition) is 0. The fourth-order valence-electron chi connectivity index (χ4n) is 2.53. The quantitative estimate of drug-likeness (QED) is 0.861. The van der Waals surface area contributed by atoms with Gasteiger partial charge in [0.25, 0.3) is 0 Å². The van der Waals surface area contributed by atoms with Crippen LogP contribution in [-0.2, 0) is 4.79 Å². The van der Waals surface area contributed by atoms with Crippen LogP contribution in [0.25, 0.3) is 0 Å². The van der Waals surface area contributed by atoms with Gasteiger partial charge in [-0.05, 0) is 23.6 Å². The van der Waals surface area contributed by atoms with E-state index in [4.69, 9.17) is 4.52 Å². The Labute approximate surface area is 117 Å². The third kappa shape index (κ3) is 2.31. The summed E-state index contributed by atoms with van der Waals surface area (Å²) in [6, 6.07) is 8.17. The first-order valence-corrected chi connectivity index (χ1v) is 6.81. The summed E-state index contributed by atoms with van der Waals surface area (Å²) in [6.07, 6.45) is 1.74. The van der Waals surface area contributed by atoms with E-state index >= 15 is 0 Å². The van der Waals surface area contributed by atoms with Gasteiger partial charge in [0.15, 0.2) is 5.82 Å². The van der Waals surface area contributed by atoms with Crippen LogP contribution < -0.4 is 4.90 Å². The topological polar surface area (TPSA) is 59.2 Å². The van der Waals surface area contributed by atoms with E-state index in [1.54, 1.807) is 4.90 Å². The van der Waals surface area contributed by atoms with Crippen LogP contribution in [0.15, 0.2) is 35.2 Å². The van der Waals surface area contributed by atoms with Gasteiger partial charge in [0.05, 0.1) is 0 Å². The molecule has 0 bridgehead atoms. The third-order valence-corrected chi connectivity index (χ3v) is 3.74. The lowest BCUT2D eigenvalue weighted by Crippen LogP contribution is -2.24. The van der Waals surface area contributed by atoms with Gasteiger partial charge in [0, 0.05) is 24.6 Å². The average molecular weight is 271 g/mol. The second-order valence-corrected chi connectivity index (χ2v) is 5.44. The highest BCUT2D eigenvalue weighted by atomic mass is 16.5. The highest BCUT2D eigenvalue weighted by molar-refractivity contribution is 5.96. The number of benzene rings is 1. The lowest BCUT2D eigenvalue weighted by atomic mass is 10.0. The van der Waals surface area contributed by atoms with Crippen molar-refractivity contribution >= 4 is 11.6 Å². The molecule has 1 aromatic carbocycles. The number of hydrogen-bond acceptors (Lipinski definition) is 4. The summed E-state index contributed by atoms with van der Waals surface area (Å²) < 4.78 is 4.75. The molecule has 0 saturated carbocycles. The molecule has 104 valence electrons. The second kappa shape index (κ2) is 5.07. The Bertz CT molecular complexity index is 590. The van der Waals surface area contributed by atoms with Gasteiger partial charge in [-0.2, -0.15) is 4.98 Å². The van der Waals surface area contributed by atoms with Crippen LogP contribution in [0.3, 0.4) is 0 Å². The van der Waals surface area contributed by atoms with E-state index in [-0.39, 0.29) is 11.8 Å². The van der Waals surface area contributed by atoms with Gasteiger partial charge < -0.3 is 9.42 Å². The lowest BCUT2D eigenvalue weighted by molar-refractivity contribution is -0.117. The van der Waals surface area contributed by atoms with Crippen LogP contribution >= 0.6 is 0 Å². The van der Waals surface area contributed by atoms with Crippen molar-refractivity contribution in [1.29, 1.82) is 0 Å². The Morgan fingerprint density at radius 2 is 2.05 bits per heavy atom. The maximum Gasteiger partial charge on any atom is 0.227 e. The molecule has 1 aliphatic rings. The predicted molar refractivity (Wildman–Crippen MR) is 74.5 cm³/mol. The zero-order chi connectivity index (χ0) is 14.1. The fraction of sp³-hybridized carbons (Fsp3) is 0.400. The zero-order valence-corrected chi connectivity index (χ0v) is 11.6. The Morgan fingerprint density at radius 1 is 1.30 bits per heavy atom. The fourth-order valence-corrected chi connectivity index (χ4v) is 2.53. The van der Waals surface area contributed by atoms with Gasteiger partial charge >= 0.3 is 0 Å². The summed E-state index contributed by atoms with van der Waals surface area (Å²) in [5.41, 5.74) is 2.21. The SMILES string of the molecule is CC(C)c1ccc(N2CC(c3ncon3)CC2=O)cc1. The normalized spacial score (nSPS) is 19.1. The van der Waals surface area contributed by atoms with Crippen molar-refractivity contribution in [3.8, 4) is 0 Å². The van der Waals surface area contributed by atoms with Crippen molar-refractivity contribution in [2.24, 2.45) is 0 Å². The molecule has 5 heteroatoms. The van der Waals surface area contributed by atoms with Crippen LogP contribution in [0, 0.1) is 0 Å². The highest BCUT2D eigenvalue weighted by Gasteiger charge is 2.33. The molecule has 3 rings (SSSR count). The van der Waals surface area contributed by atoms with Crippen molar-refractivity contribution in [2.75, 3.05) is 11.4 Å². The first-order chi connectivity index (χ1) is 9.65. The number of aromatic nitrogens is 2. The van der Waals surface area contributed by atoms with E-state index in [0.29, 0.717) is 24.7 Å². The predicted octanol–water partition coefficient (Wildman–Crippen LogP) is 2.71. The molecule has 0 radical (unpaired) electrons. The Morgan fingerprint density at radius 3 is 2.65 bits per heavy atom. The van der Waals surface area contributed by atoms with Crippen molar-refractivity contribution in [3.63, 3.8) is 0 Å². The summed E-state index contributed by atoms with van der Waals surface area (Å²) >= 11 is 0. The van der Waals surface area contributed by atoms with Gasteiger partial charge in [-0.15, -0.1) is 0 Å². The number of rotatable bonds is 3. The first kappa shape index (κ1) is 12.8. The largest absolute Gasteiger partial charge is 0.343 e. The number of anilines is 1. The van der Waals surface area contributed by atoms with Crippen molar-refractivity contribution in [1.82, 2.24) is 10.1 Å². The average Bonchev–Trinajstić information content (AvgIpc) is 3.08. The number of amides is 1. The minimum Gasteiger partial charge on any atom is -0.343 e. The smallest absolute Gasteiger partial charge is 0.227 e. The van der Waals surface area contributed by atoms with Gasteiger partial charge in [-0.25, -0.2) is 0 Å². The van der Waals surface area contributed by atoms with Crippen LogP contribution in [0.4, 0.5) is 5.69 Å². The van der Waals surface area contributed by atoms with Crippen molar-refractivity contribution in [3.05, 3.63) is 42.0 Å². The van der Waals surface area contributed by atoms with E-state index in [9.17, 15) is 4.79 Å². The zero-order valence-electron chi connectivity index (χ0n) is 11.6. The molecule has 1 aliphatic heterocycles. The highest BCUT2D eigenvalue weighted by Crippen LogP contribution is 2.30. The molecule has 5 nitrogen and oxygen atoms in total. The molecule has 1 amide bonds. The number of nitrogens with zero attached hydrogens (tertiary/aromatic N) is 3.